The molecule has 0 aliphatic heterocycles. The third-order valence-corrected chi connectivity index (χ3v) is 1.19. The zero-order valence-corrected chi connectivity index (χ0v) is 5.60. The van der Waals surface area contributed by atoms with Crippen LogP contribution in [0.4, 0.5) is 0 Å². The van der Waals surface area contributed by atoms with E-state index in [-0.39, 0.29) is 0 Å². The van der Waals surface area contributed by atoms with Crippen molar-refractivity contribution in [3.63, 3.8) is 0 Å². The molecule has 0 fully saturated rings. The summed E-state index contributed by atoms with van der Waals surface area (Å²) in [5.41, 5.74) is 0.995. The quantitative estimate of drug-likeness (QED) is 0.429. The van der Waals surface area contributed by atoms with Crippen molar-refractivity contribution in [2.24, 2.45) is 0 Å². The molecule has 0 saturated heterocycles. The van der Waals surface area contributed by atoms with Gasteiger partial charge in [0.1, 0.15) is 5.56 Å². The van der Waals surface area contributed by atoms with Crippen molar-refractivity contribution >= 4 is 11.6 Å². The number of pyridine rings is 1. The summed E-state index contributed by atoms with van der Waals surface area (Å²) in [5, 5.41) is 0.507. The minimum atomic E-state index is 0.507. The zero-order chi connectivity index (χ0) is 6.69. The summed E-state index contributed by atoms with van der Waals surface area (Å²) in [4.78, 5) is 3.81. The van der Waals surface area contributed by atoms with Gasteiger partial charge < -0.3 is 0 Å². The van der Waals surface area contributed by atoms with Crippen molar-refractivity contribution in [1.82, 2.24) is 4.98 Å². The molecule has 0 N–H and O–H groups in total. The maximum absolute atomic E-state index is 5.56. The number of nitrogens with zero attached hydrogens (tertiary/aromatic N) is 1. The number of halogens is 1. The molecule has 0 aromatic carbocycles. The van der Waals surface area contributed by atoms with E-state index in [9.17, 15) is 0 Å². The van der Waals surface area contributed by atoms with Crippen LogP contribution in [0.2, 0.25) is 5.15 Å². The number of aromatic nitrogens is 1. The van der Waals surface area contributed by atoms with Crippen molar-refractivity contribution in [1.29, 1.82) is 0 Å². The molecule has 1 aromatic heterocycles. The molecule has 0 amide bonds. The molecule has 0 atom stereocenters. The average molecular weight is 140 g/mol. The Morgan fingerprint density at radius 3 is 2.89 bits per heavy atom. The topological polar surface area (TPSA) is 12.9 Å². The standard InChI is InChI=1S/C7H6ClN/c1-2-6-3-4-9-7(8)5-6/h2-5H,1H2. The highest BCUT2D eigenvalue weighted by atomic mass is 35.5. The fraction of sp³-hybridized carbons (Fsp3) is 0. The minimum Gasteiger partial charge on any atom is -0.260 e. The molecule has 46 valence electrons. The Kier molecular flexibility index (Phi) is 1.96. The second-order valence-electron chi connectivity index (χ2n) is 1.62. The first-order valence-electron chi connectivity index (χ1n) is 2.57. The fourth-order valence-electron chi connectivity index (χ4n) is 0.544. The highest BCUT2D eigenvalue weighted by Crippen LogP contribution is 2.07. The molecule has 9 heavy (non-hydrogen) atoms. The largest absolute Gasteiger partial charge is 0.260 e. The summed E-state index contributed by atoms with van der Waals surface area (Å²) in [6, 6.07) is 3.60. The Morgan fingerprint density at radius 2 is 2.44 bits per heavy atom. The zero-order valence-electron chi connectivity index (χ0n) is 4.84. The van der Waals surface area contributed by atoms with Crippen molar-refractivity contribution in [2.75, 3.05) is 0 Å². The molecule has 0 spiro atoms. The van der Waals surface area contributed by atoms with Gasteiger partial charge >= 0.3 is 0 Å². The Labute approximate surface area is 59.7 Å². The van der Waals surface area contributed by atoms with Crippen LogP contribution in [0.5, 0.6) is 0 Å². The molecule has 0 aliphatic rings. The summed E-state index contributed by atoms with van der Waals surface area (Å²) >= 11 is 5.56. The molecule has 0 bridgehead atoms. The molecule has 1 heterocycles. The van der Waals surface area contributed by atoms with Gasteiger partial charge in [-0.2, -0.15) is 0 Å². The smallest absolute Gasteiger partial charge is 0.187 e. The van der Waals surface area contributed by atoms with E-state index in [1.54, 1.807) is 18.7 Å². The van der Waals surface area contributed by atoms with Crippen LogP contribution < -0.4 is 0 Å². The SMILES string of the molecule is [CH2-][CH+]c1ccnc(Cl)c1. The van der Waals surface area contributed by atoms with E-state index in [2.05, 4.69) is 11.9 Å². The Morgan fingerprint density at radius 1 is 1.67 bits per heavy atom. The van der Waals surface area contributed by atoms with E-state index in [0.29, 0.717) is 5.15 Å². The van der Waals surface area contributed by atoms with Gasteiger partial charge in [-0.3, -0.25) is 6.92 Å². The van der Waals surface area contributed by atoms with Gasteiger partial charge in [0.25, 0.3) is 0 Å². The Bertz CT molecular complexity index is 198. The number of hydrogen-bond donors (Lipinski definition) is 0. The van der Waals surface area contributed by atoms with Crippen LogP contribution in [0, 0.1) is 13.3 Å². The number of rotatable bonds is 1. The Balaban J connectivity index is 2.94. The lowest BCUT2D eigenvalue weighted by molar-refractivity contribution is 1.30. The molecule has 1 rings (SSSR count). The van der Waals surface area contributed by atoms with E-state index in [0.717, 1.165) is 5.56 Å². The third kappa shape index (κ3) is 1.61. The van der Waals surface area contributed by atoms with Gasteiger partial charge in [0.05, 0.1) is 18.3 Å². The van der Waals surface area contributed by atoms with Gasteiger partial charge in [0.2, 0.25) is 0 Å². The summed E-state index contributed by atoms with van der Waals surface area (Å²) < 4.78 is 0. The maximum atomic E-state index is 5.56. The van der Waals surface area contributed by atoms with Gasteiger partial charge in [-0.1, -0.05) is 0 Å². The second kappa shape index (κ2) is 2.74. The van der Waals surface area contributed by atoms with Gasteiger partial charge in [0.15, 0.2) is 5.15 Å². The van der Waals surface area contributed by atoms with E-state index < -0.39 is 0 Å². The highest BCUT2D eigenvalue weighted by Gasteiger charge is 1.95. The highest BCUT2D eigenvalue weighted by molar-refractivity contribution is 6.29. The number of hydrogen-bond acceptors (Lipinski definition) is 1. The summed E-state index contributed by atoms with van der Waals surface area (Å²) in [6.45, 7) is 3.59. The van der Waals surface area contributed by atoms with E-state index >= 15 is 0 Å². The van der Waals surface area contributed by atoms with Gasteiger partial charge in [0, 0.05) is 0 Å². The summed E-state index contributed by atoms with van der Waals surface area (Å²) in [7, 11) is 0. The molecule has 0 unspecified atom stereocenters. The lowest BCUT2D eigenvalue weighted by Gasteiger charge is -1.88. The maximum Gasteiger partial charge on any atom is 0.187 e. The monoisotopic (exact) mass is 139 g/mol. The molecule has 1 nitrogen and oxygen atoms in total. The van der Waals surface area contributed by atoms with Crippen LogP contribution in [0.25, 0.3) is 0 Å². The van der Waals surface area contributed by atoms with Crippen molar-refractivity contribution in [2.45, 2.75) is 0 Å². The minimum absolute atomic E-state index is 0.507. The molecular formula is C7H6ClN. The van der Waals surface area contributed by atoms with Crippen molar-refractivity contribution in [3.05, 3.63) is 42.4 Å². The van der Waals surface area contributed by atoms with E-state index in [1.165, 1.54) is 0 Å². The van der Waals surface area contributed by atoms with Crippen LogP contribution in [-0.4, -0.2) is 4.98 Å². The lowest BCUT2D eigenvalue weighted by Crippen LogP contribution is -1.78. The first-order valence-corrected chi connectivity index (χ1v) is 2.95. The summed E-state index contributed by atoms with van der Waals surface area (Å²) in [6.07, 6.45) is 3.38. The van der Waals surface area contributed by atoms with Gasteiger partial charge in [-0.25, -0.2) is 4.98 Å². The molecule has 0 aliphatic carbocycles. The van der Waals surface area contributed by atoms with Crippen LogP contribution in [0.15, 0.2) is 18.3 Å². The molecular weight excluding hydrogens is 134 g/mol. The van der Waals surface area contributed by atoms with Gasteiger partial charge in [-0.05, 0) is 11.6 Å². The normalized spacial score (nSPS) is 9.11. The van der Waals surface area contributed by atoms with Crippen LogP contribution in [0.3, 0.4) is 0 Å². The predicted octanol–water partition coefficient (Wildman–Crippen LogP) is 2.12. The Hall–Kier alpha value is -0.690. The lowest BCUT2D eigenvalue weighted by atomic mass is 10.2. The average Bonchev–Trinajstić information content (AvgIpc) is 1.88. The first kappa shape index (κ1) is 6.43. The predicted molar refractivity (Wildman–Crippen MR) is 38.0 cm³/mol. The van der Waals surface area contributed by atoms with E-state index in [1.807, 2.05) is 6.07 Å². The van der Waals surface area contributed by atoms with Crippen LogP contribution in [-0.2, 0) is 0 Å². The van der Waals surface area contributed by atoms with Gasteiger partial charge in [-0.15, -0.1) is 6.42 Å². The molecule has 0 saturated carbocycles. The van der Waals surface area contributed by atoms with Crippen molar-refractivity contribution in [3.8, 4) is 0 Å². The van der Waals surface area contributed by atoms with Crippen LogP contribution in [0.1, 0.15) is 5.56 Å². The second-order valence-corrected chi connectivity index (χ2v) is 2.00. The first-order chi connectivity index (χ1) is 4.33. The van der Waals surface area contributed by atoms with E-state index in [4.69, 9.17) is 11.6 Å². The van der Waals surface area contributed by atoms with Crippen molar-refractivity contribution < 1.29 is 0 Å². The molecule has 1 aromatic rings. The molecule has 0 radical (unpaired) electrons. The molecule has 2 heteroatoms. The fourth-order valence-corrected chi connectivity index (χ4v) is 0.727. The summed E-state index contributed by atoms with van der Waals surface area (Å²) in [5.74, 6) is 0. The van der Waals surface area contributed by atoms with Crippen LogP contribution >= 0.6 is 11.6 Å². The third-order valence-electron chi connectivity index (χ3n) is 0.986.